The third-order valence-electron chi connectivity index (χ3n) is 2.91. The average molecular weight is 265 g/mol. The molecule has 1 fully saturated rings. The van der Waals surface area contributed by atoms with Crippen molar-refractivity contribution in [1.82, 2.24) is 30.0 Å². The van der Waals surface area contributed by atoms with Crippen molar-refractivity contribution >= 4 is 11.8 Å². The first kappa shape index (κ1) is 11.7. The standard InChI is InChI=1S/C10H15N7S/c1-16-6-7(5-12-16)9(4-11)18-10-13-14-15-17(10)8-2-3-8/h5-6,8-9H,2-4,11H2,1H3. The minimum Gasteiger partial charge on any atom is -0.329 e. The number of rotatable bonds is 5. The van der Waals surface area contributed by atoms with E-state index in [1.165, 1.54) is 12.8 Å². The van der Waals surface area contributed by atoms with Crippen molar-refractivity contribution in [3.63, 3.8) is 0 Å². The Kier molecular flexibility index (Phi) is 3.04. The molecule has 0 aromatic carbocycles. The number of hydrogen-bond donors (Lipinski definition) is 1. The monoisotopic (exact) mass is 265 g/mol. The smallest absolute Gasteiger partial charge is 0.210 e. The second-order valence-corrected chi connectivity index (χ2v) is 5.60. The summed E-state index contributed by atoms with van der Waals surface area (Å²) in [5.41, 5.74) is 6.94. The van der Waals surface area contributed by atoms with E-state index in [1.807, 2.05) is 24.1 Å². The van der Waals surface area contributed by atoms with Gasteiger partial charge in [0, 0.05) is 25.4 Å². The van der Waals surface area contributed by atoms with Crippen LogP contribution in [0.15, 0.2) is 17.6 Å². The van der Waals surface area contributed by atoms with Gasteiger partial charge in [0.25, 0.3) is 0 Å². The van der Waals surface area contributed by atoms with Crippen LogP contribution in [-0.2, 0) is 7.05 Å². The summed E-state index contributed by atoms with van der Waals surface area (Å²) < 4.78 is 3.69. The third-order valence-corrected chi connectivity index (χ3v) is 4.14. The molecule has 0 bridgehead atoms. The van der Waals surface area contributed by atoms with Crippen molar-refractivity contribution in [2.45, 2.75) is 29.3 Å². The van der Waals surface area contributed by atoms with E-state index in [0.717, 1.165) is 10.7 Å². The zero-order valence-corrected chi connectivity index (χ0v) is 10.9. The van der Waals surface area contributed by atoms with Gasteiger partial charge in [0.2, 0.25) is 5.16 Å². The Bertz CT molecular complexity index is 530. The highest BCUT2D eigenvalue weighted by Crippen LogP contribution is 2.39. The topological polar surface area (TPSA) is 87.4 Å². The fourth-order valence-electron chi connectivity index (χ4n) is 1.80. The normalized spacial score (nSPS) is 17.0. The molecule has 3 rings (SSSR count). The maximum atomic E-state index is 5.84. The molecule has 1 unspecified atom stereocenters. The number of nitrogens with zero attached hydrogens (tertiary/aromatic N) is 6. The lowest BCUT2D eigenvalue weighted by atomic mass is 10.2. The second-order valence-electron chi connectivity index (χ2n) is 4.43. The maximum absolute atomic E-state index is 5.84. The van der Waals surface area contributed by atoms with E-state index in [-0.39, 0.29) is 5.25 Å². The Morgan fingerprint density at radius 3 is 3.00 bits per heavy atom. The minimum absolute atomic E-state index is 0.141. The van der Waals surface area contributed by atoms with E-state index in [1.54, 1.807) is 16.4 Å². The number of nitrogens with two attached hydrogens (primary N) is 1. The van der Waals surface area contributed by atoms with Gasteiger partial charge in [-0.1, -0.05) is 11.8 Å². The molecule has 0 aliphatic heterocycles. The molecule has 96 valence electrons. The molecule has 8 heteroatoms. The summed E-state index contributed by atoms with van der Waals surface area (Å²) in [6, 6.07) is 0.481. The van der Waals surface area contributed by atoms with Gasteiger partial charge in [-0.25, -0.2) is 4.68 Å². The summed E-state index contributed by atoms with van der Waals surface area (Å²) in [4.78, 5) is 0. The highest BCUT2D eigenvalue weighted by atomic mass is 32.2. The molecule has 2 heterocycles. The summed E-state index contributed by atoms with van der Waals surface area (Å²) in [7, 11) is 1.90. The molecule has 2 N–H and O–H groups in total. The molecule has 1 atom stereocenters. The number of thioether (sulfide) groups is 1. The fraction of sp³-hybridized carbons (Fsp3) is 0.600. The third kappa shape index (κ3) is 2.25. The largest absolute Gasteiger partial charge is 0.329 e. The first-order chi connectivity index (χ1) is 8.78. The van der Waals surface area contributed by atoms with Crippen LogP contribution in [-0.4, -0.2) is 36.5 Å². The lowest BCUT2D eigenvalue weighted by Crippen LogP contribution is -2.10. The van der Waals surface area contributed by atoms with E-state index in [2.05, 4.69) is 20.6 Å². The van der Waals surface area contributed by atoms with E-state index < -0.39 is 0 Å². The molecule has 1 aliphatic carbocycles. The van der Waals surface area contributed by atoms with Crippen LogP contribution in [0.5, 0.6) is 0 Å². The quantitative estimate of drug-likeness (QED) is 0.794. The van der Waals surface area contributed by atoms with Crippen LogP contribution >= 0.6 is 11.8 Å². The molecule has 1 saturated carbocycles. The number of tetrazole rings is 1. The molecular weight excluding hydrogens is 250 g/mol. The Labute approximate surface area is 109 Å². The van der Waals surface area contributed by atoms with Gasteiger partial charge in [-0.05, 0) is 23.3 Å². The molecule has 18 heavy (non-hydrogen) atoms. The van der Waals surface area contributed by atoms with Gasteiger partial charge in [0.1, 0.15) is 0 Å². The molecule has 0 amide bonds. The second kappa shape index (κ2) is 4.69. The Morgan fingerprint density at radius 1 is 1.56 bits per heavy atom. The fourth-order valence-corrected chi connectivity index (χ4v) is 2.78. The highest BCUT2D eigenvalue weighted by Gasteiger charge is 2.29. The van der Waals surface area contributed by atoms with Crippen LogP contribution in [0.3, 0.4) is 0 Å². The van der Waals surface area contributed by atoms with E-state index >= 15 is 0 Å². The summed E-state index contributed by atoms with van der Waals surface area (Å²) >= 11 is 1.61. The molecule has 2 aromatic rings. The van der Waals surface area contributed by atoms with Gasteiger partial charge >= 0.3 is 0 Å². The molecule has 2 aromatic heterocycles. The number of hydrogen-bond acceptors (Lipinski definition) is 6. The van der Waals surface area contributed by atoms with Crippen LogP contribution in [0.4, 0.5) is 0 Å². The zero-order valence-electron chi connectivity index (χ0n) is 10.1. The lowest BCUT2D eigenvalue weighted by Gasteiger charge is -2.11. The van der Waals surface area contributed by atoms with Crippen molar-refractivity contribution in [2.24, 2.45) is 12.8 Å². The number of aromatic nitrogens is 6. The van der Waals surface area contributed by atoms with Crippen molar-refractivity contribution in [1.29, 1.82) is 0 Å². The van der Waals surface area contributed by atoms with Crippen LogP contribution in [0.1, 0.15) is 29.7 Å². The molecule has 7 nitrogen and oxygen atoms in total. The summed E-state index contributed by atoms with van der Waals surface area (Å²) in [6.45, 7) is 0.536. The lowest BCUT2D eigenvalue weighted by molar-refractivity contribution is 0.564. The van der Waals surface area contributed by atoms with Gasteiger partial charge in [-0.2, -0.15) is 5.10 Å². The van der Waals surface area contributed by atoms with Gasteiger partial charge in [0.15, 0.2) is 0 Å². The predicted molar refractivity (Wildman–Crippen MR) is 66.9 cm³/mol. The SMILES string of the molecule is Cn1cc(C(CN)Sc2nnnn2C2CC2)cn1. The van der Waals surface area contributed by atoms with Crippen LogP contribution in [0.2, 0.25) is 0 Å². The number of aryl methyl sites for hydroxylation is 1. The summed E-state index contributed by atoms with van der Waals surface area (Å²) in [5.74, 6) is 0. The minimum atomic E-state index is 0.141. The van der Waals surface area contributed by atoms with E-state index in [9.17, 15) is 0 Å². The summed E-state index contributed by atoms with van der Waals surface area (Å²) in [5, 5.41) is 17.0. The average Bonchev–Trinajstić information content (AvgIpc) is 2.96. The molecule has 1 aliphatic rings. The molecule has 0 spiro atoms. The highest BCUT2D eigenvalue weighted by molar-refractivity contribution is 7.99. The first-order valence-corrected chi connectivity index (χ1v) is 6.79. The van der Waals surface area contributed by atoms with Crippen molar-refractivity contribution in [3.05, 3.63) is 18.0 Å². The van der Waals surface area contributed by atoms with E-state index in [0.29, 0.717) is 12.6 Å². The maximum Gasteiger partial charge on any atom is 0.210 e. The van der Waals surface area contributed by atoms with E-state index in [4.69, 9.17) is 5.73 Å². The summed E-state index contributed by atoms with van der Waals surface area (Å²) in [6.07, 6.45) is 6.16. The van der Waals surface area contributed by atoms with Gasteiger partial charge in [0.05, 0.1) is 17.5 Å². The molecule has 0 radical (unpaired) electrons. The van der Waals surface area contributed by atoms with Crippen LogP contribution < -0.4 is 5.73 Å². The Balaban J connectivity index is 1.78. The molecule has 0 saturated heterocycles. The zero-order chi connectivity index (χ0) is 12.5. The van der Waals surface area contributed by atoms with Crippen molar-refractivity contribution < 1.29 is 0 Å². The van der Waals surface area contributed by atoms with Crippen LogP contribution in [0.25, 0.3) is 0 Å². The van der Waals surface area contributed by atoms with Gasteiger partial charge in [-0.3, -0.25) is 4.68 Å². The van der Waals surface area contributed by atoms with Crippen molar-refractivity contribution in [2.75, 3.05) is 6.54 Å². The van der Waals surface area contributed by atoms with Gasteiger partial charge < -0.3 is 5.73 Å². The first-order valence-electron chi connectivity index (χ1n) is 5.91. The Hall–Kier alpha value is -1.41. The van der Waals surface area contributed by atoms with Gasteiger partial charge in [-0.15, -0.1) is 5.10 Å². The Morgan fingerprint density at radius 2 is 2.39 bits per heavy atom. The van der Waals surface area contributed by atoms with Crippen LogP contribution in [0, 0.1) is 0 Å². The predicted octanol–water partition coefficient (Wildman–Crippen LogP) is 0.534. The van der Waals surface area contributed by atoms with Crippen molar-refractivity contribution in [3.8, 4) is 0 Å². The molecular formula is C10H15N7S.